The minimum atomic E-state index is -5.28. The van der Waals surface area contributed by atoms with Crippen molar-refractivity contribution in [1.29, 1.82) is 0 Å². The predicted molar refractivity (Wildman–Crippen MR) is 180 cm³/mol. The van der Waals surface area contributed by atoms with Gasteiger partial charge < -0.3 is 29.0 Å². The highest BCUT2D eigenvalue weighted by Gasteiger charge is 2.39. The third-order valence-electron chi connectivity index (χ3n) is 8.46. The van der Waals surface area contributed by atoms with Gasteiger partial charge in [-0.15, -0.1) is 0 Å². The van der Waals surface area contributed by atoms with Gasteiger partial charge in [-0.25, -0.2) is 9.18 Å². The number of halogens is 10. The number of nitrogens with one attached hydrogen (secondary N) is 1. The Morgan fingerprint density at radius 3 is 1.71 bits per heavy atom. The lowest BCUT2D eigenvalue weighted by Gasteiger charge is -2.27. The van der Waals surface area contributed by atoms with Gasteiger partial charge in [0.2, 0.25) is 5.75 Å². The van der Waals surface area contributed by atoms with Crippen molar-refractivity contribution >= 4 is 6.16 Å². The van der Waals surface area contributed by atoms with Crippen LogP contribution in [0.25, 0.3) is 11.1 Å². The average Bonchev–Trinajstić information content (AvgIpc) is 3.11. The third-order valence-corrected chi connectivity index (χ3v) is 8.46. The van der Waals surface area contributed by atoms with Gasteiger partial charge in [0, 0.05) is 24.2 Å². The van der Waals surface area contributed by atoms with Gasteiger partial charge in [0.15, 0.2) is 11.5 Å². The van der Waals surface area contributed by atoms with Crippen LogP contribution in [0.1, 0.15) is 66.2 Å². The molecule has 7 nitrogen and oxygen atoms in total. The van der Waals surface area contributed by atoms with Crippen molar-refractivity contribution in [3.05, 3.63) is 106 Å². The molecule has 298 valence electrons. The number of para-hydroxylation sites is 1. The number of carbonyl (C=O) groups is 1. The summed E-state index contributed by atoms with van der Waals surface area (Å²) in [6, 6.07) is 8.52. The van der Waals surface area contributed by atoms with Crippen LogP contribution in [0.15, 0.2) is 66.7 Å². The quantitative estimate of drug-likeness (QED) is 0.0870. The molecule has 0 saturated carbocycles. The summed E-state index contributed by atoms with van der Waals surface area (Å²) in [7, 11) is 3.66. The van der Waals surface area contributed by atoms with E-state index in [9.17, 15) is 48.7 Å². The van der Waals surface area contributed by atoms with E-state index in [4.69, 9.17) is 23.7 Å². The molecule has 0 fully saturated rings. The highest BCUT2D eigenvalue weighted by molar-refractivity contribution is 5.75. The Hall–Kier alpha value is -5.19. The topological polar surface area (TPSA) is 75.3 Å². The molecule has 0 radical (unpaired) electrons. The number of carbonyl (C=O) groups excluding carboxylic acids is 1. The maximum atomic E-state index is 14.9. The van der Waals surface area contributed by atoms with Gasteiger partial charge in [0.05, 0.1) is 38.0 Å². The highest BCUT2D eigenvalue weighted by atomic mass is 19.4. The van der Waals surface area contributed by atoms with Crippen molar-refractivity contribution in [3.8, 4) is 34.1 Å². The molecule has 0 aliphatic rings. The molecule has 2 atom stereocenters. The summed E-state index contributed by atoms with van der Waals surface area (Å²) in [6.07, 6.45) is -19.0. The third kappa shape index (κ3) is 10.1. The molecule has 0 bridgehead atoms. The lowest BCUT2D eigenvalue weighted by Crippen LogP contribution is -2.35. The number of hydrogen-bond donors (Lipinski definition) is 1. The summed E-state index contributed by atoms with van der Waals surface area (Å²) in [5, 5.41) is 2.78. The van der Waals surface area contributed by atoms with Crippen LogP contribution in [0.2, 0.25) is 0 Å². The predicted octanol–water partition coefficient (Wildman–Crippen LogP) is 11.1. The highest BCUT2D eigenvalue weighted by Crippen LogP contribution is 2.42. The number of methoxy groups -OCH3 is 3. The molecule has 0 spiro atoms. The zero-order valence-corrected chi connectivity index (χ0v) is 30.0. The number of hydrogen-bond acceptors (Lipinski definition) is 7. The summed E-state index contributed by atoms with van der Waals surface area (Å²) in [5.74, 6) is -1.46. The molecule has 4 aromatic carbocycles. The molecule has 1 N–H and O–H groups in total. The summed E-state index contributed by atoms with van der Waals surface area (Å²) >= 11 is 0. The molecule has 0 unspecified atom stereocenters. The number of alkyl halides is 9. The number of rotatable bonds is 12. The van der Waals surface area contributed by atoms with Crippen molar-refractivity contribution in [1.82, 2.24) is 5.32 Å². The minimum Gasteiger partial charge on any atom is -0.496 e. The van der Waals surface area contributed by atoms with Crippen molar-refractivity contribution in [2.45, 2.75) is 63.9 Å². The Balaban J connectivity index is 1.83. The first-order valence-electron chi connectivity index (χ1n) is 16.3. The molecule has 0 aliphatic carbocycles. The van der Waals surface area contributed by atoms with E-state index in [0.29, 0.717) is 12.1 Å². The molecule has 0 aliphatic heterocycles. The summed E-state index contributed by atoms with van der Waals surface area (Å²) in [6.45, 7) is 4.08. The van der Waals surface area contributed by atoms with Crippen molar-refractivity contribution in [3.63, 3.8) is 0 Å². The Bertz CT molecular complexity index is 1940. The van der Waals surface area contributed by atoms with Crippen molar-refractivity contribution in [2.75, 3.05) is 21.3 Å². The molecular formula is C38H35F10NO6. The van der Waals surface area contributed by atoms with E-state index in [1.807, 2.05) is 0 Å². The summed E-state index contributed by atoms with van der Waals surface area (Å²) < 4.78 is 167. The van der Waals surface area contributed by atoms with Crippen LogP contribution < -0.4 is 24.3 Å². The first-order valence-corrected chi connectivity index (χ1v) is 16.3. The van der Waals surface area contributed by atoms with E-state index in [1.165, 1.54) is 52.5 Å². The second-order valence-corrected chi connectivity index (χ2v) is 12.5. The molecule has 4 rings (SSSR count). The Kier molecular flexibility index (Phi) is 12.9. The maximum absolute atomic E-state index is 14.9. The Morgan fingerprint density at radius 1 is 0.673 bits per heavy atom. The van der Waals surface area contributed by atoms with Gasteiger partial charge in [-0.05, 0) is 83.6 Å². The molecule has 4 aromatic rings. The fourth-order valence-corrected chi connectivity index (χ4v) is 5.68. The lowest BCUT2D eigenvalue weighted by atomic mass is 9.92. The SMILES string of the molecule is COc1cc(F)c(C(C)C)cc1-c1ccc(C(F)(F)F)cc1CN[C@@H](C)[C@H](OC(=O)Oc1c(OC)cccc1OC)c1cc(C(F)(F)F)cc(C(F)(F)F)c1. The van der Waals surface area contributed by atoms with E-state index in [2.05, 4.69) is 5.32 Å². The molecule has 17 heteroatoms. The molecule has 0 amide bonds. The van der Waals surface area contributed by atoms with Crippen LogP contribution in [0.5, 0.6) is 23.0 Å². The lowest BCUT2D eigenvalue weighted by molar-refractivity contribution is -0.143. The van der Waals surface area contributed by atoms with E-state index in [1.54, 1.807) is 13.8 Å². The average molecular weight is 792 g/mol. The van der Waals surface area contributed by atoms with Crippen LogP contribution >= 0.6 is 0 Å². The van der Waals surface area contributed by atoms with E-state index < -0.39 is 71.4 Å². The van der Waals surface area contributed by atoms with Gasteiger partial charge in [0.25, 0.3) is 0 Å². The Morgan fingerprint density at radius 2 is 1.22 bits per heavy atom. The van der Waals surface area contributed by atoms with Crippen LogP contribution in [-0.4, -0.2) is 33.5 Å². The molecule has 55 heavy (non-hydrogen) atoms. The summed E-state index contributed by atoms with van der Waals surface area (Å²) in [5.41, 5.74) is -4.86. The first kappa shape index (κ1) is 42.6. The first-order chi connectivity index (χ1) is 25.6. The normalized spacial score (nSPS) is 13.3. The van der Waals surface area contributed by atoms with Crippen LogP contribution in [-0.2, 0) is 29.8 Å². The van der Waals surface area contributed by atoms with E-state index >= 15 is 0 Å². The second kappa shape index (κ2) is 16.7. The van der Waals surface area contributed by atoms with Gasteiger partial charge in [-0.2, -0.15) is 39.5 Å². The summed E-state index contributed by atoms with van der Waals surface area (Å²) in [4.78, 5) is 13.3. The van der Waals surface area contributed by atoms with Crippen molar-refractivity contribution < 1.29 is 72.4 Å². The molecule has 0 aromatic heterocycles. The maximum Gasteiger partial charge on any atom is 0.514 e. The smallest absolute Gasteiger partial charge is 0.496 e. The van der Waals surface area contributed by atoms with Crippen molar-refractivity contribution in [2.24, 2.45) is 0 Å². The van der Waals surface area contributed by atoms with Crippen LogP contribution in [0.3, 0.4) is 0 Å². The molecular weight excluding hydrogens is 756 g/mol. The van der Waals surface area contributed by atoms with E-state index in [-0.39, 0.29) is 57.2 Å². The number of ether oxygens (including phenoxy) is 5. The molecule has 0 saturated heterocycles. The fraction of sp³-hybridized carbons (Fsp3) is 0.342. The van der Waals surface area contributed by atoms with Crippen LogP contribution in [0.4, 0.5) is 48.7 Å². The van der Waals surface area contributed by atoms with Crippen LogP contribution in [0, 0.1) is 5.82 Å². The Labute approximate surface area is 309 Å². The monoisotopic (exact) mass is 791 g/mol. The number of benzene rings is 4. The van der Waals surface area contributed by atoms with Gasteiger partial charge in [0.1, 0.15) is 17.7 Å². The fourth-order valence-electron chi connectivity index (χ4n) is 5.68. The zero-order chi connectivity index (χ0) is 41.0. The largest absolute Gasteiger partial charge is 0.514 e. The zero-order valence-electron chi connectivity index (χ0n) is 30.0. The van der Waals surface area contributed by atoms with Gasteiger partial charge >= 0.3 is 24.7 Å². The van der Waals surface area contributed by atoms with Gasteiger partial charge in [-0.3, -0.25) is 0 Å². The minimum absolute atomic E-state index is 0.0321. The molecule has 0 heterocycles. The van der Waals surface area contributed by atoms with Gasteiger partial charge in [-0.1, -0.05) is 26.0 Å². The standard InChI is InChI=1S/C38H35F10NO6/c1-19(2)27-16-28(32(53-6)17-29(27)39)26-11-10-23(36(40,41)42)14-22(26)18-49-20(3)33(21-12-24(37(43,44)45)15-25(13-21)38(46,47)48)54-35(50)55-34-30(51-4)8-7-9-31(34)52-5/h7-17,19-20,33,49H,18H2,1-6H3/t20-,33-/m0/s1. The van der Waals surface area contributed by atoms with E-state index in [0.717, 1.165) is 24.3 Å². The second-order valence-electron chi connectivity index (χ2n) is 12.5.